The quantitative estimate of drug-likeness (QED) is 0.207. The topological polar surface area (TPSA) is 64.7 Å². The lowest BCUT2D eigenvalue weighted by Crippen LogP contribution is -2.09. The van der Waals surface area contributed by atoms with Gasteiger partial charge in [-0.05, 0) is 28.7 Å². The number of allylic oxidation sites excluding steroid dienone is 4. The molecule has 8 rings (SSSR count). The Morgan fingerprint density at radius 3 is 1.98 bits per heavy atom. The highest BCUT2D eigenvalue weighted by Gasteiger charge is 2.20. The van der Waals surface area contributed by atoms with Gasteiger partial charge in [-0.3, -0.25) is 4.98 Å². The number of para-hydroxylation sites is 1. The highest BCUT2D eigenvalue weighted by Crippen LogP contribution is 2.37. The second kappa shape index (κ2) is 10.9. The lowest BCUT2D eigenvalue weighted by atomic mass is 9.81. The third-order valence-electron chi connectivity index (χ3n) is 8.35. The van der Waals surface area contributed by atoms with Crippen LogP contribution in [-0.2, 0) is 0 Å². The lowest BCUT2D eigenvalue weighted by molar-refractivity contribution is 0.638. The summed E-state index contributed by atoms with van der Waals surface area (Å²) in [7, 11) is 0. The number of rotatable bonds is 5. The summed E-state index contributed by atoms with van der Waals surface area (Å²) in [5, 5.41) is 1.95. The molecule has 0 amide bonds. The van der Waals surface area contributed by atoms with Gasteiger partial charge in [0.05, 0.1) is 6.20 Å². The number of furan rings is 1. The van der Waals surface area contributed by atoms with Gasteiger partial charge in [0, 0.05) is 39.6 Å². The van der Waals surface area contributed by atoms with E-state index < -0.39 is 0 Å². The van der Waals surface area contributed by atoms with Crippen molar-refractivity contribution in [3.05, 3.63) is 151 Å². The molecule has 7 aromatic rings. The van der Waals surface area contributed by atoms with E-state index in [2.05, 4.69) is 90.8 Å². The van der Waals surface area contributed by atoms with E-state index in [0.29, 0.717) is 34.9 Å². The molecular weight excluding hydrogens is 540 g/mol. The lowest BCUT2D eigenvalue weighted by Gasteiger charge is -2.23. The molecule has 3 heterocycles. The summed E-state index contributed by atoms with van der Waals surface area (Å²) in [6, 6.07) is 37.2. The maximum atomic E-state index is 6.11. The molecule has 5 nitrogen and oxygen atoms in total. The van der Waals surface area contributed by atoms with Crippen LogP contribution in [0.2, 0.25) is 0 Å². The van der Waals surface area contributed by atoms with Gasteiger partial charge >= 0.3 is 0 Å². The van der Waals surface area contributed by atoms with Crippen molar-refractivity contribution in [1.82, 2.24) is 19.9 Å². The van der Waals surface area contributed by atoms with Crippen LogP contribution in [0.4, 0.5) is 0 Å². The zero-order valence-corrected chi connectivity index (χ0v) is 24.1. The van der Waals surface area contributed by atoms with Crippen molar-refractivity contribution in [2.24, 2.45) is 5.92 Å². The van der Waals surface area contributed by atoms with Gasteiger partial charge in [-0.15, -0.1) is 0 Å². The first-order chi connectivity index (χ1) is 21.7. The van der Waals surface area contributed by atoms with Crippen LogP contribution in [0.3, 0.4) is 0 Å². The number of hydrogen-bond donors (Lipinski definition) is 0. The van der Waals surface area contributed by atoms with Gasteiger partial charge in [0.15, 0.2) is 23.1 Å². The fraction of sp³-hybridized carbons (Fsp3) is 0.0769. The van der Waals surface area contributed by atoms with E-state index in [1.165, 1.54) is 16.7 Å². The van der Waals surface area contributed by atoms with Gasteiger partial charge in [0.1, 0.15) is 5.58 Å². The summed E-state index contributed by atoms with van der Waals surface area (Å²) in [6.07, 6.45) is 10.5. The highest BCUT2D eigenvalue weighted by atomic mass is 16.3. The third kappa shape index (κ3) is 4.69. The number of benzene rings is 4. The minimum Gasteiger partial charge on any atom is -0.454 e. The molecule has 5 heteroatoms. The Bertz CT molecular complexity index is 2180. The van der Waals surface area contributed by atoms with Gasteiger partial charge in [-0.25, -0.2) is 15.0 Å². The van der Waals surface area contributed by atoms with E-state index >= 15 is 0 Å². The van der Waals surface area contributed by atoms with Crippen LogP contribution in [0, 0.1) is 5.92 Å². The van der Waals surface area contributed by atoms with Crippen molar-refractivity contribution in [1.29, 1.82) is 0 Å². The molecule has 0 bridgehead atoms. The molecule has 0 spiro atoms. The van der Waals surface area contributed by atoms with E-state index in [-0.39, 0.29) is 0 Å². The Hall–Kier alpha value is -5.68. The molecule has 2 atom stereocenters. The van der Waals surface area contributed by atoms with Crippen LogP contribution in [0.25, 0.3) is 61.7 Å². The molecule has 0 aliphatic heterocycles. The first kappa shape index (κ1) is 26.0. The minimum absolute atomic E-state index is 0.380. The zero-order chi connectivity index (χ0) is 29.5. The SMILES string of the molecule is CC1C=C(c2ccc(-c3nc(-c4ccccc4)nc(-c4cncc5oc6ccccc6c45)n3)cc2)C=CC1c1ccccc1. The second-order valence-corrected chi connectivity index (χ2v) is 11.2. The maximum absolute atomic E-state index is 6.11. The van der Waals surface area contributed by atoms with Gasteiger partial charge in [0.2, 0.25) is 0 Å². The average molecular weight is 569 g/mol. The Balaban J connectivity index is 1.20. The Labute approximate surface area is 255 Å². The molecule has 1 aliphatic carbocycles. The molecule has 0 N–H and O–H groups in total. The standard InChI is InChI=1S/C39H28N4O/c1-25-22-30(20-21-31(25)27-10-4-2-5-11-27)26-16-18-29(19-17-26)38-41-37(28-12-6-3-7-13-28)42-39(43-38)33-23-40-24-35-36(33)32-14-8-9-15-34(32)44-35/h2-25,31H,1H3. The molecule has 4 aromatic carbocycles. The smallest absolute Gasteiger partial charge is 0.166 e. The largest absolute Gasteiger partial charge is 0.454 e. The van der Waals surface area contributed by atoms with Crippen molar-refractivity contribution in [2.45, 2.75) is 12.8 Å². The molecular formula is C39H28N4O. The molecule has 2 unspecified atom stereocenters. The fourth-order valence-corrected chi connectivity index (χ4v) is 6.11. The first-order valence-electron chi connectivity index (χ1n) is 14.8. The predicted molar refractivity (Wildman–Crippen MR) is 177 cm³/mol. The van der Waals surface area contributed by atoms with Crippen molar-refractivity contribution in [3.8, 4) is 34.2 Å². The maximum Gasteiger partial charge on any atom is 0.166 e. The van der Waals surface area contributed by atoms with Crippen LogP contribution >= 0.6 is 0 Å². The summed E-state index contributed by atoms with van der Waals surface area (Å²) in [5.74, 6) is 2.55. The Morgan fingerprint density at radius 2 is 1.23 bits per heavy atom. The van der Waals surface area contributed by atoms with Gasteiger partial charge in [-0.2, -0.15) is 0 Å². The molecule has 210 valence electrons. The Morgan fingerprint density at radius 1 is 0.591 bits per heavy atom. The van der Waals surface area contributed by atoms with Crippen LogP contribution in [-0.4, -0.2) is 19.9 Å². The van der Waals surface area contributed by atoms with E-state index in [1.54, 1.807) is 6.20 Å². The van der Waals surface area contributed by atoms with Crippen molar-refractivity contribution in [3.63, 3.8) is 0 Å². The van der Waals surface area contributed by atoms with E-state index in [9.17, 15) is 0 Å². The number of pyridine rings is 1. The van der Waals surface area contributed by atoms with Crippen molar-refractivity contribution in [2.75, 3.05) is 0 Å². The summed E-state index contributed by atoms with van der Waals surface area (Å²) in [4.78, 5) is 19.4. The summed E-state index contributed by atoms with van der Waals surface area (Å²) >= 11 is 0. The van der Waals surface area contributed by atoms with Crippen LogP contribution < -0.4 is 0 Å². The molecule has 0 fully saturated rings. The molecule has 0 radical (unpaired) electrons. The molecule has 3 aromatic heterocycles. The average Bonchev–Trinajstić information content (AvgIpc) is 3.48. The zero-order valence-electron chi connectivity index (χ0n) is 24.1. The van der Waals surface area contributed by atoms with E-state index in [1.807, 2.05) is 54.7 Å². The van der Waals surface area contributed by atoms with Crippen LogP contribution in [0.5, 0.6) is 0 Å². The number of aromatic nitrogens is 4. The van der Waals surface area contributed by atoms with Gasteiger partial charge in [0.25, 0.3) is 0 Å². The van der Waals surface area contributed by atoms with E-state index in [0.717, 1.165) is 33.0 Å². The molecule has 0 saturated heterocycles. The fourth-order valence-electron chi connectivity index (χ4n) is 6.11. The minimum atomic E-state index is 0.380. The van der Waals surface area contributed by atoms with Gasteiger partial charge in [-0.1, -0.05) is 128 Å². The second-order valence-electron chi connectivity index (χ2n) is 11.2. The third-order valence-corrected chi connectivity index (χ3v) is 8.35. The summed E-state index contributed by atoms with van der Waals surface area (Å²) < 4.78 is 6.11. The van der Waals surface area contributed by atoms with E-state index in [4.69, 9.17) is 19.4 Å². The number of hydrogen-bond acceptors (Lipinski definition) is 5. The van der Waals surface area contributed by atoms with Crippen molar-refractivity contribution < 1.29 is 4.42 Å². The molecule has 0 saturated carbocycles. The highest BCUT2D eigenvalue weighted by molar-refractivity contribution is 6.11. The first-order valence-corrected chi connectivity index (χ1v) is 14.8. The van der Waals surface area contributed by atoms with Gasteiger partial charge < -0.3 is 4.42 Å². The molecule has 1 aliphatic rings. The summed E-state index contributed by atoms with van der Waals surface area (Å²) in [6.45, 7) is 2.28. The normalized spacial score (nSPS) is 16.3. The number of nitrogens with zero attached hydrogens (tertiary/aromatic N) is 4. The monoisotopic (exact) mass is 568 g/mol. The molecule has 44 heavy (non-hydrogen) atoms. The van der Waals surface area contributed by atoms with Crippen LogP contribution in [0.15, 0.2) is 144 Å². The Kier molecular flexibility index (Phi) is 6.42. The van der Waals surface area contributed by atoms with Crippen LogP contribution in [0.1, 0.15) is 24.0 Å². The summed E-state index contributed by atoms with van der Waals surface area (Å²) in [5.41, 5.74) is 7.89. The predicted octanol–water partition coefficient (Wildman–Crippen LogP) is 9.54. The number of fused-ring (bicyclic) bond motifs is 3. The van der Waals surface area contributed by atoms with Crippen molar-refractivity contribution >= 4 is 27.5 Å².